The van der Waals surface area contributed by atoms with Crippen molar-refractivity contribution in [3.63, 3.8) is 0 Å². The minimum absolute atomic E-state index is 0.119. The molecule has 2 aliphatic rings. The number of benzene rings is 1. The maximum absolute atomic E-state index is 12.2. The summed E-state index contributed by atoms with van der Waals surface area (Å²) in [6, 6.07) is 7.59. The maximum atomic E-state index is 12.2. The van der Waals surface area contributed by atoms with Crippen molar-refractivity contribution in [3.05, 3.63) is 35.4 Å². The fourth-order valence-electron chi connectivity index (χ4n) is 3.99. The quantitative estimate of drug-likeness (QED) is 0.821. The van der Waals surface area contributed by atoms with E-state index in [4.69, 9.17) is 0 Å². The average Bonchev–Trinajstić information content (AvgIpc) is 2.78. The molecule has 0 aromatic heterocycles. The standard InChI is InChI=1S/C18H24N2O/c1-12-5-7-13(8-6-12)16(21)20-19-15-11-14-9-10-18(15,4)17(14,2)3/h5-8,14H,9-11H2,1-4H3,(H,20,21). The summed E-state index contributed by atoms with van der Waals surface area (Å²) in [5.74, 6) is 0.587. The van der Waals surface area contributed by atoms with Crippen LogP contribution in [0.4, 0.5) is 0 Å². The molecule has 3 heteroatoms. The third-order valence-electron chi connectivity index (χ3n) is 6.12. The third kappa shape index (κ3) is 2.10. The molecular formula is C18H24N2O. The number of nitrogens with one attached hydrogen (secondary N) is 1. The minimum Gasteiger partial charge on any atom is -0.267 e. The van der Waals surface area contributed by atoms with Crippen LogP contribution in [0.25, 0.3) is 0 Å². The zero-order chi connectivity index (χ0) is 15.3. The minimum atomic E-state index is -0.119. The first kappa shape index (κ1) is 14.3. The lowest BCUT2D eigenvalue weighted by Gasteiger charge is -2.34. The van der Waals surface area contributed by atoms with Crippen LogP contribution in [0, 0.1) is 23.7 Å². The summed E-state index contributed by atoms with van der Waals surface area (Å²) < 4.78 is 0. The summed E-state index contributed by atoms with van der Waals surface area (Å²) in [4.78, 5) is 12.2. The van der Waals surface area contributed by atoms with Crippen LogP contribution in [0.15, 0.2) is 29.4 Å². The van der Waals surface area contributed by atoms with Gasteiger partial charge in [0.2, 0.25) is 0 Å². The Bertz CT molecular complexity index is 600. The van der Waals surface area contributed by atoms with E-state index in [0.29, 0.717) is 16.9 Å². The summed E-state index contributed by atoms with van der Waals surface area (Å²) in [6.45, 7) is 9.00. The molecule has 0 radical (unpaired) electrons. The molecule has 2 fully saturated rings. The van der Waals surface area contributed by atoms with Crippen molar-refractivity contribution in [2.75, 3.05) is 0 Å². The summed E-state index contributed by atoms with van der Waals surface area (Å²) in [5, 5.41) is 4.49. The summed E-state index contributed by atoms with van der Waals surface area (Å²) >= 11 is 0. The topological polar surface area (TPSA) is 41.5 Å². The Morgan fingerprint density at radius 3 is 2.43 bits per heavy atom. The molecule has 21 heavy (non-hydrogen) atoms. The van der Waals surface area contributed by atoms with Crippen LogP contribution in [0.2, 0.25) is 0 Å². The molecule has 1 N–H and O–H groups in total. The molecule has 2 aliphatic carbocycles. The molecule has 0 spiro atoms. The number of fused-ring (bicyclic) bond motifs is 2. The molecule has 3 nitrogen and oxygen atoms in total. The highest BCUT2D eigenvalue weighted by Gasteiger charge is 2.59. The molecule has 2 unspecified atom stereocenters. The molecule has 0 aliphatic heterocycles. The Hall–Kier alpha value is -1.64. The molecule has 2 bridgehead atoms. The van der Waals surface area contributed by atoms with Crippen molar-refractivity contribution < 1.29 is 4.79 Å². The van der Waals surface area contributed by atoms with E-state index < -0.39 is 0 Å². The van der Waals surface area contributed by atoms with Crippen molar-refractivity contribution in [2.24, 2.45) is 21.8 Å². The van der Waals surface area contributed by atoms with Crippen LogP contribution in [-0.4, -0.2) is 11.6 Å². The smallest absolute Gasteiger partial charge is 0.267 e. The van der Waals surface area contributed by atoms with Crippen molar-refractivity contribution in [1.29, 1.82) is 0 Å². The molecule has 2 saturated carbocycles. The van der Waals surface area contributed by atoms with Gasteiger partial charge in [-0.2, -0.15) is 5.10 Å². The average molecular weight is 284 g/mol. The number of hydrogen-bond donors (Lipinski definition) is 1. The van der Waals surface area contributed by atoms with Gasteiger partial charge in [-0.25, -0.2) is 5.43 Å². The van der Waals surface area contributed by atoms with Gasteiger partial charge < -0.3 is 0 Å². The van der Waals surface area contributed by atoms with E-state index in [0.717, 1.165) is 12.0 Å². The summed E-state index contributed by atoms with van der Waals surface area (Å²) in [7, 11) is 0. The first-order valence-corrected chi connectivity index (χ1v) is 7.78. The number of aryl methyl sites for hydroxylation is 1. The van der Waals surface area contributed by atoms with E-state index >= 15 is 0 Å². The van der Waals surface area contributed by atoms with E-state index in [9.17, 15) is 4.79 Å². The second-order valence-corrected chi connectivity index (χ2v) is 7.36. The van der Waals surface area contributed by atoms with Crippen LogP contribution in [-0.2, 0) is 0 Å². The predicted octanol–water partition coefficient (Wildman–Crippen LogP) is 3.93. The monoisotopic (exact) mass is 284 g/mol. The van der Waals surface area contributed by atoms with Gasteiger partial charge in [0.05, 0.1) is 0 Å². The van der Waals surface area contributed by atoms with Gasteiger partial charge >= 0.3 is 0 Å². The van der Waals surface area contributed by atoms with Gasteiger partial charge in [0.25, 0.3) is 5.91 Å². The fraction of sp³-hybridized carbons (Fsp3) is 0.556. The molecule has 2 atom stereocenters. The van der Waals surface area contributed by atoms with Gasteiger partial charge in [-0.05, 0) is 49.7 Å². The van der Waals surface area contributed by atoms with Gasteiger partial charge in [0.1, 0.15) is 0 Å². The van der Waals surface area contributed by atoms with Crippen LogP contribution in [0.1, 0.15) is 56.0 Å². The number of carbonyl (C=O) groups excluding carboxylic acids is 1. The third-order valence-corrected chi connectivity index (χ3v) is 6.12. The van der Waals surface area contributed by atoms with Crippen molar-refractivity contribution >= 4 is 11.6 Å². The predicted molar refractivity (Wildman–Crippen MR) is 85.3 cm³/mol. The first-order chi connectivity index (χ1) is 9.84. The van der Waals surface area contributed by atoms with E-state index in [-0.39, 0.29) is 11.3 Å². The Labute approximate surface area is 126 Å². The van der Waals surface area contributed by atoms with Gasteiger partial charge in [-0.3, -0.25) is 4.79 Å². The van der Waals surface area contributed by atoms with Crippen molar-refractivity contribution in [2.45, 2.75) is 47.0 Å². The normalized spacial score (nSPS) is 31.6. The Morgan fingerprint density at radius 1 is 1.24 bits per heavy atom. The van der Waals surface area contributed by atoms with E-state index in [1.54, 1.807) is 0 Å². The number of rotatable bonds is 2. The molecule has 3 rings (SSSR count). The van der Waals surface area contributed by atoms with Gasteiger partial charge in [-0.1, -0.05) is 38.5 Å². The molecule has 112 valence electrons. The molecular weight excluding hydrogens is 260 g/mol. The van der Waals surface area contributed by atoms with E-state index in [1.165, 1.54) is 18.6 Å². The van der Waals surface area contributed by atoms with Gasteiger partial charge in [0, 0.05) is 16.7 Å². The number of hydrazone groups is 1. The Kier molecular flexibility index (Phi) is 3.19. The van der Waals surface area contributed by atoms with Gasteiger partial charge in [-0.15, -0.1) is 0 Å². The number of amides is 1. The highest BCUT2D eigenvalue weighted by molar-refractivity contribution is 5.98. The zero-order valence-corrected chi connectivity index (χ0v) is 13.4. The molecule has 1 aromatic carbocycles. The maximum Gasteiger partial charge on any atom is 0.271 e. The fourth-order valence-corrected chi connectivity index (χ4v) is 3.99. The molecule has 0 saturated heterocycles. The van der Waals surface area contributed by atoms with Crippen molar-refractivity contribution in [3.8, 4) is 0 Å². The Balaban J connectivity index is 1.76. The lowest BCUT2D eigenvalue weighted by Crippen LogP contribution is -2.34. The number of hydrogen-bond acceptors (Lipinski definition) is 2. The highest BCUT2D eigenvalue weighted by Crippen LogP contribution is 2.63. The molecule has 1 amide bonds. The number of carbonyl (C=O) groups is 1. The SMILES string of the molecule is Cc1ccc(C(=O)NN=C2CC3CCC2(C)C3(C)C)cc1. The van der Waals surface area contributed by atoms with Crippen LogP contribution < -0.4 is 5.43 Å². The lowest BCUT2D eigenvalue weighted by molar-refractivity contribution is 0.0954. The lowest BCUT2D eigenvalue weighted by atomic mass is 9.70. The summed E-state index contributed by atoms with van der Waals surface area (Å²) in [5.41, 5.74) is 6.17. The molecule has 0 heterocycles. The largest absolute Gasteiger partial charge is 0.271 e. The van der Waals surface area contributed by atoms with Crippen molar-refractivity contribution in [1.82, 2.24) is 5.43 Å². The zero-order valence-electron chi connectivity index (χ0n) is 13.4. The molecule has 1 aromatic rings. The van der Waals surface area contributed by atoms with Gasteiger partial charge in [0.15, 0.2) is 0 Å². The second-order valence-electron chi connectivity index (χ2n) is 7.36. The van der Waals surface area contributed by atoms with E-state index in [2.05, 4.69) is 31.3 Å². The van der Waals surface area contributed by atoms with E-state index in [1.807, 2.05) is 31.2 Å². The first-order valence-electron chi connectivity index (χ1n) is 7.78. The highest BCUT2D eigenvalue weighted by atomic mass is 16.2. The second kappa shape index (κ2) is 4.69. The van der Waals surface area contributed by atoms with Crippen LogP contribution >= 0.6 is 0 Å². The Morgan fingerprint density at radius 2 is 1.90 bits per heavy atom. The number of nitrogens with zero attached hydrogens (tertiary/aromatic N) is 1. The summed E-state index contributed by atoms with van der Waals surface area (Å²) in [6.07, 6.45) is 3.50. The van der Waals surface area contributed by atoms with Crippen LogP contribution in [0.3, 0.4) is 0 Å². The van der Waals surface area contributed by atoms with Crippen LogP contribution in [0.5, 0.6) is 0 Å².